The number of ether oxygens (including phenoxy) is 1. The molecule has 0 bridgehead atoms. The average molecular weight is 492 g/mol. The molecule has 1 saturated heterocycles. The second-order valence-corrected chi connectivity index (χ2v) is 9.34. The van der Waals surface area contributed by atoms with Crippen molar-refractivity contribution < 1.29 is 14.3 Å². The van der Waals surface area contributed by atoms with E-state index in [9.17, 15) is 9.59 Å². The quantitative estimate of drug-likeness (QED) is 0.407. The number of fused-ring (bicyclic) bond motifs is 1. The van der Waals surface area contributed by atoms with Crippen LogP contribution in [0, 0.1) is 6.92 Å². The first-order valence-corrected chi connectivity index (χ1v) is 12.1. The lowest BCUT2D eigenvalue weighted by atomic mass is 10.2. The molecule has 1 fully saturated rings. The molecule has 11 heteroatoms. The Morgan fingerprint density at radius 2 is 2.00 bits per heavy atom. The Hall–Kier alpha value is -3.83. The van der Waals surface area contributed by atoms with Crippen LogP contribution in [-0.2, 0) is 4.79 Å². The van der Waals surface area contributed by atoms with Crippen molar-refractivity contribution in [3.63, 3.8) is 0 Å². The highest BCUT2D eigenvalue weighted by molar-refractivity contribution is 7.21. The van der Waals surface area contributed by atoms with Crippen LogP contribution < -0.4 is 15.4 Å². The molecule has 2 amide bonds. The van der Waals surface area contributed by atoms with E-state index in [0.717, 1.165) is 36.4 Å². The van der Waals surface area contributed by atoms with Crippen LogP contribution in [0.2, 0.25) is 0 Å². The van der Waals surface area contributed by atoms with Crippen LogP contribution in [0.25, 0.3) is 15.3 Å². The molecule has 0 atom stereocenters. The highest BCUT2D eigenvalue weighted by Gasteiger charge is 2.20. The smallest absolute Gasteiger partial charge is 0.260 e. The summed E-state index contributed by atoms with van der Waals surface area (Å²) in [6.45, 7) is 4.04. The number of nitrogens with one attached hydrogen (secondary N) is 2. The molecule has 4 aromatic heterocycles. The van der Waals surface area contributed by atoms with E-state index >= 15 is 0 Å². The third-order valence-corrected chi connectivity index (χ3v) is 7.00. The van der Waals surface area contributed by atoms with E-state index in [0.29, 0.717) is 39.9 Å². The SMILES string of the molecule is COc1ncccc1-c1cn2ncc(C(=O)Nc3cc(NC(=O)CN4CCCC4)cnc3C)c2s1. The van der Waals surface area contributed by atoms with Crippen molar-refractivity contribution in [3.05, 3.63) is 54.2 Å². The number of nitrogens with zero attached hydrogens (tertiary/aromatic N) is 5. The van der Waals surface area contributed by atoms with E-state index in [1.165, 1.54) is 17.5 Å². The van der Waals surface area contributed by atoms with Crippen molar-refractivity contribution in [2.75, 3.05) is 37.4 Å². The van der Waals surface area contributed by atoms with Gasteiger partial charge in [-0.15, -0.1) is 11.3 Å². The van der Waals surface area contributed by atoms with Crippen molar-refractivity contribution in [3.8, 4) is 16.3 Å². The summed E-state index contributed by atoms with van der Waals surface area (Å²) in [6.07, 6.45) is 8.89. The Morgan fingerprint density at radius 3 is 2.80 bits per heavy atom. The molecule has 4 aromatic rings. The van der Waals surface area contributed by atoms with Crippen molar-refractivity contribution in [1.29, 1.82) is 0 Å². The minimum atomic E-state index is -0.308. The van der Waals surface area contributed by atoms with Gasteiger partial charge in [0.05, 0.1) is 59.1 Å². The van der Waals surface area contributed by atoms with Crippen molar-refractivity contribution in [2.45, 2.75) is 19.8 Å². The van der Waals surface area contributed by atoms with E-state index in [4.69, 9.17) is 4.74 Å². The van der Waals surface area contributed by atoms with Gasteiger partial charge in [-0.25, -0.2) is 9.50 Å². The zero-order chi connectivity index (χ0) is 24.4. The fourth-order valence-corrected chi connectivity index (χ4v) is 5.14. The minimum absolute atomic E-state index is 0.0925. The Labute approximate surface area is 206 Å². The number of pyridine rings is 2. The summed E-state index contributed by atoms with van der Waals surface area (Å²) in [4.78, 5) is 37.8. The summed E-state index contributed by atoms with van der Waals surface area (Å²) in [5, 5.41) is 10.1. The standard InChI is InChI=1S/C24H25N7O3S/c1-15-19(10-16(11-26-15)28-21(32)14-30-8-3-4-9-30)29-22(33)18-12-27-31-13-20(35-24(18)31)17-6-5-7-25-23(17)34-2/h5-7,10-13H,3-4,8-9,14H2,1-2H3,(H,28,32)(H,29,33). The van der Waals surface area contributed by atoms with Gasteiger partial charge in [-0.2, -0.15) is 5.10 Å². The average Bonchev–Trinajstić information content (AvgIpc) is 3.59. The number of anilines is 2. The number of hydrogen-bond donors (Lipinski definition) is 2. The second kappa shape index (κ2) is 9.80. The predicted octanol–water partition coefficient (Wildman–Crippen LogP) is 3.46. The Balaban J connectivity index is 1.34. The number of likely N-dealkylation sites (tertiary alicyclic amines) is 1. The number of carbonyl (C=O) groups excluding carboxylic acids is 2. The maximum absolute atomic E-state index is 13.2. The highest BCUT2D eigenvalue weighted by Crippen LogP contribution is 2.35. The first-order chi connectivity index (χ1) is 17.0. The zero-order valence-corrected chi connectivity index (χ0v) is 20.3. The topological polar surface area (TPSA) is 114 Å². The molecule has 1 aliphatic rings. The van der Waals surface area contributed by atoms with E-state index in [1.807, 2.05) is 18.3 Å². The summed E-state index contributed by atoms with van der Waals surface area (Å²) >= 11 is 1.43. The molecule has 180 valence electrons. The molecule has 1 aliphatic heterocycles. The van der Waals surface area contributed by atoms with Gasteiger partial charge in [-0.1, -0.05) is 0 Å². The van der Waals surface area contributed by atoms with Crippen molar-refractivity contribution >= 4 is 39.4 Å². The minimum Gasteiger partial charge on any atom is -0.481 e. The zero-order valence-electron chi connectivity index (χ0n) is 19.4. The van der Waals surface area contributed by atoms with Crippen LogP contribution in [0.4, 0.5) is 11.4 Å². The van der Waals surface area contributed by atoms with Gasteiger partial charge in [0.1, 0.15) is 4.83 Å². The van der Waals surface area contributed by atoms with Gasteiger partial charge in [0.2, 0.25) is 11.8 Å². The Morgan fingerprint density at radius 1 is 1.17 bits per heavy atom. The summed E-state index contributed by atoms with van der Waals surface area (Å²) in [7, 11) is 1.57. The number of hydrogen-bond acceptors (Lipinski definition) is 8. The number of methoxy groups -OCH3 is 1. The second-order valence-electron chi connectivity index (χ2n) is 8.31. The van der Waals surface area contributed by atoms with Gasteiger partial charge in [0, 0.05) is 12.4 Å². The maximum atomic E-state index is 13.2. The molecule has 2 N–H and O–H groups in total. The highest BCUT2D eigenvalue weighted by atomic mass is 32.1. The molecule has 0 aliphatic carbocycles. The predicted molar refractivity (Wildman–Crippen MR) is 134 cm³/mol. The van der Waals surface area contributed by atoms with Gasteiger partial charge >= 0.3 is 0 Å². The lowest BCUT2D eigenvalue weighted by Gasteiger charge is -2.15. The summed E-state index contributed by atoms with van der Waals surface area (Å²) < 4.78 is 7.03. The normalized spacial score (nSPS) is 13.8. The number of aryl methyl sites for hydroxylation is 1. The van der Waals surface area contributed by atoms with E-state index in [-0.39, 0.29) is 11.8 Å². The molecule has 0 radical (unpaired) electrons. The van der Waals surface area contributed by atoms with Crippen molar-refractivity contribution in [1.82, 2.24) is 24.5 Å². The number of aromatic nitrogens is 4. The molecule has 5 rings (SSSR count). The van der Waals surface area contributed by atoms with Crippen LogP contribution in [0.5, 0.6) is 5.88 Å². The van der Waals surface area contributed by atoms with Gasteiger partial charge in [0.15, 0.2) is 0 Å². The van der Waals surface area contributed by atoms with Gasteiger partial charge in [-0.05, 0) is 51.1 Å². The number of carbonyl (C=O) groups is 2. The number of amides is 2. The molecule has 35 heavy (non-hydrogen) atoms. The molecular formula is C24H25N7O3S. The lowest BCUT2D eigenvalue weighted by Crippen LogP contribution is -2.30. The summed E-state index contributed by atoms with van der Waals surface area (Å²) in [6, 6.07) is 5.47. The third kappa shape index (κ3) is 4.86. The monoisotopic (exact) mass is 491 g/mol. The van der Waals surface area contributed by atoms with Gasteiger partial charge in [-0.3, -0.25) is 19.5 Å². The molecule has 0 aromatic carbocycles. The van der Waals surface area contributed by atoms with Crippen LogP contribution in [0.1, 0.15) is 28.9 Å². The first-order valence-electron chi connectivity index (χ1n) is 11.3. The van der Waals surface area contributed by atoms with Crippen LogP contribution >= 0.6 is 11.3 Å². The molecule has 10 nitrogen and oxygen atoms in total. The van der Waals surface area contributed by atoms with Gasteiger partial charge < -0.3 is 15.4 Å². The van der Waals surface area contributed by atoms with Crippen molar-refractivity contribution in [2.24, 2.45) is 0 Å². The number of rotatable bonds is 7. The van der Waals surface area contributed by atoms with E-state index in [2.05, 4.69) is 30.6 Å². The van der Waals surface area contributed by atoms with E-state index < -0.39 is 0 Å². The Bertz CT molecular complexity index is 1390. The summed E-state index contributed by atoms with van der Waals surface area (Å²) in [5.74, 6) is 0.107. The molecule has 5 heterocycles. The maximum Gasteiger partial charge on any atom is 0.260 e. The molecule has 0 saturated carbocycles. The largest absolute Gasteiger partial charge is 0.481 e. The lowest BCUT2D eigenvalue weighted by molar-refractivity contribution is -0.117. The summed E-state index contributed by atoms with van der Waals surface area (Å²) in [5.41, 5.74) is 2.98. The Kier molecular flexibility index (Phi) is 6.43. The molecule has 0 spiro atoms. The number of thiazole rings is 1. The van der Waals surface area contributed by atoms with Crippen LogP contribution in [0.15, 0.2) is 43.0 Å². The van der Waals surface area contributed by atoms with Crippen LogP contribution in [-0.4, -0.2) is 63.0 Å². The third-order valence-electron chi connectivity index (χ3n) is 5.86. The fourth-order valence-electron chi connectivity index (χ4n) is 4.07. The van der Waals surface area contributed by atoms with E-state index in [1.54, 1.807) is 37.0 Å². The van der Waals surface area contributed by atoms with Crippen LogP contribution in [0.3, 0.4) is 0 Å². The molecule has 0 unspecified atom stereocenters. The molecular weight excluding hydrogens is 466 g/mol. The first kappa shape index (κ1) is 22.9. The fraction of sp³-hybridized carbons (Fsp3) is 0.292. The van der Waals surface area contributed by atoms with Gasteiger partial charge in [0.25, 0.3) is 5.91 Å².